The Balaban J connectivity index is 1.68. The van der Waals surface area contributed by atoms with Crippen LogP contribution in [0.5, 0.6) is 0 Å². The molecule has 1 aliphatic heterocycles. The summed E-state index contributed by atoms with van der Waals surface area (Å²) >= 11 is 1.47. The summed E-state index contributed by atoms with van der Waals surface area (Å²) in [5.41, 5.74) is 0.874. The average molecular weight is 354 g/mol. The van der Waals surface area contributed by atoms with E-state index in [1.54, 1.807) is 0 Å². The molecule has 1 aromatic carbocycles. The van der Waals surface area contributed by atoms with Gasteiger partial charge in [0.25, 0.3) is 0 Å². The number of esters is 1. The Labute approximate surface area is 139 Å². The fourth-order valence-corrected chi connectivity index (χ4v) is 4.74. The van der Waals surface area contributed by atoms with E-state index in [2.05, 4.69) is 4.98 Å². The molecule has 8 heteroatoms. The smallest absolute Gasteiger partial charge is 0.324 e. The first-order chi connectivity index (χ1) is 10.9. The molecule has 2 aromatic rings. The maximum absolute atomic E-state index is 12.3. The number of rotatable bonds is 4. The number of para-hydroxylation sites is 1. The maximum atomic E-state index is 12.3. The Morgan fingerprint density at radius 1 is 1.39 bits per heavy atom. The zero-order chi connectivity index (χ0) is 16.4. The molecule has 23 heavy (non-hydrogen) atoms. The molecule has 1 aliphatic rings. The first kappa shape index (κ1) is 16.4. The summed E-state index contributed by atoms with van der Waals surface area (Å²) in [6, 6.07) is 6.99. The molecule has 1 saturated heterocycles. The molecule has 3 rings (SSSR count). The number of benzene rings is 1. The summed E-state index contributed by atoms with van der Waals surface area (Å²) in [4.78, 5) is 16.7. The second kappa shape index (κ2) is 6.54. The number of carbonyl (C=O) groups excluding carboxylic acids is 1. The quantitative estimate of drug-likeness (QED) is 0.787. The summed E-state index contributed by atoms with van der Waals surface area (Å²) < 4.78 is 31.2. The Bertz CT molecular complexity index is 783. The van der Waals surface area contributed by atoms with Gasteiger partial charge in [0.2, 0.25) is 10.0 Å². The largest absolute Gasteiger partial charge is 0.457 e. The van der Waals surface area contributed by atoms with Crippen LogP contribution in [0, 0.1) is 0 Å². The molecule has 1 atom stereocenters. The lowest BCUT2D eigenvalue weighted by Crippen LogP contribution is -2.48. The van der Waals surface area contributed by atoms with Gasteiger partial charge in [-0.05, 0) is 31.4 Å². The van der Waals surface area contributed by atoms with E-state index in [4.69, 9.17) is 4.74 Å². The third kappa shape index (κ3) is 3.70. The molecule has 2 heterocycles. The van der Waals surface area contributed by atoms with Crippen LogP contribution in [0.25, 0.3) is 10.2 Å². The summed E-state index contributed by atoms with van der Waals surface area (Å²) in [6.45, 7) is 0.450. The highest BCUT2D eigenvalue weighted by Gasteiger charge is 2.35. The number of sulfonamides is 1. The van der Waals surface area contributed by atoms with Gasteiger partial charge < -0.3 is 4.74 Å². The van der Waals surface area contributed by atoms with E-state index in [1.807, 2.05) is 24.3 Å². The molecule has 0 amide bonds. The molecular weight excluding hydrogens is 336 g/mol. The zero-order valence-corrected chi connectivity index (χ0v) is 14.4. The molecule has 0 saturated carbocycles. The number of aromatic nitrogens is 1. The van der Waals surface area contributed by atoms with Gasteiger partial charge in [-0.2, -0.15) is 4.31 Å². The molecule has 0 spiro atoms. The normalized spacial score (nSPS) is 19.8. The third-order valence-corrected chi connectivity index (χ3v) is 6.13. The topological polar surface area (TPSA) is 76.6 Å². The fraction of sp³-hybridized carbons (Fsp3) is 0.467. The fourth-order valence-electron chi connectivity index (χ4n) is 2.75. The lowest BCUT2D eigenvalue weighted by Gasteiger charge is -2.31. The van der Waals surface area contributed by atoms with Crippen molar-refractivity contribution in [1.29, 1.82) is 0 Å². The molecule has 6 nitrogen and oxygen atoms in total. The highest BCUT2D eigenvalue weighted by atomic mass is 32.2. The van der Waals surface area contributed by atoms with Crippen molar-refractivity contribution in [1.82, 2.24) is 9.29 Å². The first-order valence-corrected chi connectivity index (χ1v) is 10.1. The van der Waals surface area contributed by atoms with Crippen molar-refractivity contribution in [3.8, 4) is 0 Å². The van der Waals surface area contributed by atoms with E-state index in [1.165, 1.54) is 15.6 Å². The molecule has 0 aliphatic carbocycles. The minimum atomic E-state index is -3.40. The molecular formula is C15H18N2O4S2. The van der Waals surface area contributed by atoms with Crippen molar-refractivity contribution < 1.29 is 17.9 Å². The minimum absolute atomic E-state index is 0.0757. The van der Waals surface area contributed by atoms with Crippen molar-refractivity contribution in [2.75, 3.05) is 12.8 Å². The monoisotopic (exact) mass is 354 g/mol. The number of nitrogens with zero attached hydrogens (tertiary/aromatic N) is 2. The standard InChI is InChI=1S/C15H18N2O4S2/c1-23(19,20)17-9-5-4-7-12(17)15(18)21-10-14-16-11-6-2-3-8-13(11)22-14/h2-3,6,8,12H,4-5,7,9-10H2,1H3. The van der Waals surface area contributed by atoms with Crippen LogP contribution in [0.1, 0.15) is 24.3 Å². The van der Waals surface area contributed by atoms with Crippen LogP contribution in [0.3, 0.4) is 0 Å². The predicted molar refractivity (Wildman–Crippen MR) is 88.6 cm³/mol. The van der Waals surface area contributed by atoms with Crippen molar-refractivity contribution in [3.63, 3.8) is 0 Å². The van der Waals surface area contributed by atoms with Gasteiger partial charge in [-0.1, -0.05) is 12.1 Å². The second-order valence-corrected chi connectivity index (χ2v) is 8.62. The van der Waals surface area contributed by atoms with Gasteiger partial charge in [0.15, 0.2) is 0 Å². The summed E-state index contributed by atoms with van der Waals surface area (Å²) in [5.74, 6) is -0.491. The first-order valence-electron chi connectivity index (χ1n) is 7.43. The van der Waals surface area contributed by atoms with Gasteiger partial charge in [-0.3, -0.25) is 4.79 Å². The highest BCUT2D eigenvalue weighted by molar-refractivity contribution is 7.88. The van der Waals surface area contributed by atoms with Gasteiger partial charge in [0, 0.05) is 6.54 Å². The Morgan fingerprint density at radius 3 is 2.91 bits per heavy atom. The van der Waals surface area contributed by atoms with E-state index in [9.17, 15) is 13.2 Å². The van der Waals surface area contributed by atoms with Gasteiger partial charge in [-0.15, -0.1) is 11.3 Å². The van der Waals surface area contributed by atoms with E-state index in [0.29, 0.717) is 18.0 Å². The van der Waals surface area contributed by atoms with Crippen LogP contribution in [0.15, 0.2) is 24.3 Å². The molecule has 1 unspecified atom stereocenters. The van der Waals surface area contributed by atoms with E-state index in [-0.39, 0.29) is 6.61 Å². The predicted octanol–water partition coefficient (Wildman–Crippen LogP) is 2.15. The summed E-state index contributed by atoms with van der Waals surface area (Å²) in [5, 5.41) is 0.710. The van der Waals surface area contributed by atoms with Crippen LogP contribution in [0.2, 0.25) is 0 Å². The SMILES string of the molecule is CS(=O)(=O)N1CCCCC1C(=O)OCc1nc2ccccc2s1. The minimum Gasteiger partial charge on any atom is -0.457 e. The number of thiazole rings is 1. The van der Waals surface area contributed by atoms with Crippen LogP contribution in [-0.2, 0) is 26.2 Å². The van der Waals surface area contributed by atoms with Crippen LogP contribution < -0.4 is 0 Å². The summed E-state index contributed by atoms with van der Waals surface area (Å²) in [7, 11) is -3.40. The van der Waals surface area contributed by atoms with Gasteiger partial charge in [0.1, 0.15) is 17.7 Å². The van der Waals surface area contributed by atoms with Crippen molar-refractivity contribution in [2.45, 2.75) is 31.9 Å². The number of hydrogen-bond acceptors (Lipinski definition) is 6. The van der Waals surface area contributed by atoms with Gasteiger partial charge >= 0.3 is 5.97 Å². The second-order valence-electron chi connectivity index (χ2n) is 5.57. The number of fused-ring (bicyclic) bond motifs is 1. The Kier molecular flexibility index (Phi) is 4.65. The molecule has 1 aromatic heterocycles. The van der Waals surface area contributed by atoms with Crippen molar-refractivity contribution in [2.24, 2.45) is 0 Å². The number of hydrogen-bond donors (Lipinski definition) is 0. The molecule has 0 radical (unpaired) electrons. The lowest BCUT2D eigenvalue weighted by molar-refractivity contribution is -0.150. The average Bonchev–Trinajstić information content (AvgIpc) is 2.94. The van der Waals surface area contributed by atoms with E-state index < -0.39 is 22.0 Å². The number of ether oxygens (including phenoxy) is 1. The van der Waals surface area contributed by atoms with Crippen molar-refractivity contribution in [3.05, 3.63) is 29.3 Å². The molecule has 0 bridgehead atoms. The third-order valence-electron chi connectivity index (χ3n) is 3.83. The molecule has 124 valence electrons. The highest BCUT2D eigenvalue weighted by Crippen LogP contribution is 2.24. The number of carbonyl (C=O) groups is 1. The van der Waals surface area contributed by atoms with E-state index in [0.717, 1.165) is 29.3 Å². The molecule has 0 N–H and O–H groups in total. The zero-order valence-electron chi connectivity index (χ0n) is 12.8. The van der Waals surface area contributed by atoms with Gasteiger partial charge in [-0.25, -0.2) is 13.4 Å². The Hall–Kier alpha value is -1.51. The van der Waals surface area contributed by atoms with Crippen LogP contribution >= 0.6 is 11.3 Å². The van der Waals surface area contributed by atoms with E-state index >= 15 is 0 Å². The van der Waals surface area contributed by atoms with Crippen LogP contribution in [-0.4, -0.2) is 42.5 Å². The van der Waals surface area contributed by atoms with Gasteiger partial charge in [0.05, 0.1) is 16.5 Å². The van der Waals surface area contributed by atoms with Crippen molar-refractivity contribution >= 4 is 37.5 Å². The summed E-state index contributed by atoms with van der Waals surface area (Å²) in [6.07, 6.45) is 3.24. The maximum Gasteiger partial charge on any atom is 0.324 e. The Morgan fingerprint density at radius 2 is 2.17 bits per heavy atom. The lowest BCUT2D eigenvalue weighted by atomic mass is 10.1. The number of piperidine rings is 1. The molecule has 1 fully saturated rings. The van der Waals surface area contributed by atoms with Crippen LogP contribution in [0.4, 0.5) is 0 Å².